The van der Waals surface area contributed by atoms with Gasteiger partial charge in [-0.05, 0) is 48.7 Å². The number of carbonyl (C=O) groups is 1. The summed E-state index contributed by atoms with van der Waals surface area (Å²) in [6.45, 7) is 2.28. The summed E-state index contributed by atoms with van der Waals surface area (Å²) in [5, 5.41) is 0. The van der Waals surface area contributed by atoms with Crippen LogP contribution in [0.3, 0.4) is 0 Å². The van der Waals surface area contributed by atoms with Crippen molar-refractivity contribution in [2.45, 2.75) is 19.3 Å². The third-order valence-electron chi connectivity index (χ3n) is 3.67. The normalized spacial score (nSPS) is 16.4. The van der Waals surface area contributed by atoms with Crippen LogP contribution in [0.25, 0.3) is 0 Å². The summed E-state index contributed by atoms with van der Waals surface area (Å²) in [7, 11) is 0. The molecule has 2 heteroatoms. The average Bonchev–Trinajstić information content (AvgIpc) is 2.40. The van der Waals surface area contributed by atoms with Crippen molar-refractivity contribution < 1.29 is 9.53 Å². The molecule has 0 amide bonds. The van der Waals surface area contributed by atoms with Crippen LogP contribution in [0.4, 0.5) is 0 Å². The van der Waals surface area contributed by atoms with Gasteiger partial charge in [0.1, 0.15) is 5.75 Å². The molecular formula is C17H16O2. The molecule has 2 nitrogen and oxygen atoms in total. The highest BCUT2D eigenvalue weighted by Crippen LogP contribution is 2.35. The summed E-state index contributed by atoms with van der Waals surface area (Å²) in [5.41, 5.74) is 3.56. The lowest BCUT2D eigenvalue weighted by atomic mass is 9.78. The Morgan fingerprint density at radius 3 is 2.58 bits per heavy atom. The number of fused-ring (bicyclic) bond motifs is 1. The van der Waals surface area contributed by atoms with E-state index < -0.39 is 0 Å². The van der Waals surface area contributed by atoms with Crippen LogP contribution in [-0.4, -0.2) is 12.4 Å². The number of rotatable bonds is 4. The molecule has 0 aromatic heterocycles. The maximum Gasteiger partial charge on any atom is 0.159 e. The van der Waals surface area contributed by atoms with Gasteiger partial charge in [-0.3, -0.25) is 4.79 Å². The zero-order valence-corrected chi connectivity index (χ0v) is 10.9. The second-order valence-electron chi connectivity index (χ2n) is 4.99. The summed E-state index contributed by atoms with van der Waals surface area (Å²) >= 11 is 0. The number of hydrogen-bond acceptors (Lipinski definition) is 2. The molecule has 1 atom stereocenters. The molecule has 96 valence electrons. The van der Waals surface area contributed by atoms with Crippen LogP contribution in [0.15, 0.2) is 48.5 Å². The molecule has 0 fully saturated rings. The first-order valence-electron chi connectivity index (χ1n) is 6.55. The molecule has 1 aliphatic carbocycles. The summed E-state index contributed by atoms with van der Waals surface area (Å²) in [6.07, 6.45) is 1.10. The topological polar surface area (TPSA) is 26.3 Å². The van der Waals surface area contributed by atoms with Crippen molar-refractivity contribution >= 4 is 5.78 Å². The molecule has 1 aliphatic rings. The minimum atomic E-state index is 0.0828. The number of carbonyl (C=O) groups excluding carboxylic acids is 1. The highest BCUT2D eigenvalue weighted by atomic mass is 16.5. The fraction of sp³-hybridized carbons (Fsp3) is 0.235. The lowest BCUT2D eigenvalue weighted by Crippen LogP contribution is -2.23. The molecule has 2 aromatic carbocycles. The van der Waals surface area contributed by atoms with Gasteiger partial charge in [-0.1, -0.05) is 24.3 Å². The summed E-state index contributed by atoms with van der Waals surface area (Å²) in [4.78, 5) is 11.2. The molecule has 2 aromatic rings. The lowest BCUT2D eigenvalue weighted by molar-refractivity contribution is 0.101. The van der Waals surface area contributed by atoms with Crippen LogP contribution >= 0.6 is 0 Å². The zero-order chi connectivity index (χ0) is 13.2. The second kappa shape index (κ2) is 4.88. The fourth-order valence-corrected chi connectivity index (χ4v) is 2.49. The van der Waals surface area contributed by atoms with Gasteiger partial charge in [-0.2, -0.15) is 0 Å². The van der Waals surface area contributed by atoms with E-state index in [1.807, 2.05) is 24.3 Å². The minimum absolute atomic E-state index is 0.0828. The standard InChI is InChI=1S/C17H16O2/c1-12(18)13-6-8-16(9-7-13)19-11-15-10-14-4-2-3-5-17(14)15/h2-9,15H,10-11H2,1H3. The van der Waals surface area contributed by atoms with Gasteiger partial charge < -0.3 is 4.74 Å². The lowest BCUT2D eigenvalue weighted by Gasteiger charge is -2.29. The van der Waals surface area contributed by atoms with Crippen molar-refractivity contribution in [3.63, 3.8) is 0 Å². The van der Waals surface area contributed by atoms with Crippen LogP contribution in [0.1, 0.15) is 34.3 Å². The van der Waals surface area contributed by atoms with Crippen molar-refractivity contribution in [1.29, 1.82) is 0 Å². The Hall–Kier alpha value is -2.09. The zero-order valence-electron chi connectivity index (χ0n) is 10.9. The van der Waals surface area contributed by atoms with Gasteiger partial charge in [0.05, 0.1) is 6.61 Å². The molecule has 0 bridgehead atoms. The quantitative estimate of drug-likeness (QED) is 0.777. The Morgan fingerprint density at radius 1 is 1.16 bits per heavy atom. The predicted octanol–water partition coefficient (Wildman–Crippen LogP) is 3.61. The molecule has 0 radical (unpaired) electrons. The molecule has 0 N–H and O–H groups in total. The van der Waals surface area contributed by atoms with E-state index in [2.05, 4.69) is 24.3 Å². The third kappa shape index (κ3) is 2.39. The summed E-state index contributed by atoms with van der Waals surface area (Å²) in [5.74, 6) is 1.41. The van der Waals surface area contributed by atoms with Crippen molar-refractivity contribution in [2.24, 2.45) is 0 Å². The van der Waals surface area contributed by atoms with Gasteiger partial charge >= 0.3 is 0 Å². The summed E-state index contributed by atoms with van der Waals surface area (Å²) < 4.78 is 5.79. The van der Waals surface area contributed by atoms with E-state index in [4.69, 9.17) is 4.74 Å². The first-order valence-corrected chi connectivity index (χ1v) is 6.55. The van der Waals surface area contributed by atoms with E-state index in [1.54, 1.807) is 6.92 Å². The van der Waals surface area contributed by atoms with Crippen molar-refractivity contribution in [1.82, 2.24) is 0 Å². The van der Waals surface area contributed by atoms with Gasteiger partial charge in [-0.25, -0.2) is 0 Å². The second-order valence-corrected chi connectivity index (χ2v) is 4.99. The van der Waals surface area contributed by atoms with Crippen molar-refractivity contribution in [2.75, 3.05) is 6.61 Å². The molecule has 1 unspecified atom stereocenters. The smallest absolute Gasteiger partial charge is 0.159 e. The molecule has 0 spiro atoms. The molecular weight excluding hydrogens is 236 g/mol. The number of ether oxygens (including phenoxy) is 1. The van der Waals surface area contributed by atoms with Gasteiger partial charge in [0.25, 0.3) is 0 Å². The van der Waals surface area contributed by atoms with E-state index in [0.29, 0.717) is 12.5 Å². The third-order valence-corrected chi connectivity index (χ3v) is 3.67. The monoisotopic (exact) mass is 252 g/mol. The highest BCUT2D eigenvalue weighted by Gasteiger charge is 2.25. The van der Waals surface area contributed by atoms with E-state index in [1.165, 1.54) is 11.1 Å². The first-order chi connectivity index (χ1) is 9.24. The molecule has 0 aliphatic heterocycles. The highest BCUT2D eigenvalue weighted by molar-refractivity contribution is 5.94. The predicted molar refractivity (Wildman–Crippen MR) is 74.8 cm³/mol. The van der Waals surface area contributed by atoms with Crippen LogP contribution in [0, 0.1) is 0 Å². The van der Waals surface area contributed by atoms with Gasteiger partial charge in [0, 0.05) is 11.5 Å². The maximum atomic E-state index is 11.2. The summed E-state index contributed by atoms with van der Waals surface area (Å²) in [6, 6.07) is 15.9. The fourth-order valence-electron chi connectivity index (χ4n) is 2.49. The van der Waals surface area contributed by atoms with Crippen LogP contribution in [0.2, 0.25) is 0 Å². The largest absolute Gasteiger partial charge is 0.493 e. The molecule has 0 heterocycles. The van der Waals surface area contributed by atoms with E-state index in [-0.39, 0.29) is 5.78 Å². The minimum Gasteiger partial charge on any atom is -0.493 e. The molecule has 0 saturated carbocycles. The van der Waals surface area contributed by atoms with E-state index >= 15 is 0 Å². The van der Waals surface area contributed by atoms with Gasteiger partial charge in [-0.15, -0.1) is 0 Å². The van der Waals surface area contributed by atoms with E-state index in [9.17, 15) is 4.79 Å². The SMILES string of the molecule is CC(=O)c1ccc(OCC2Cc3ccccc32)cc1. The van der Waals surface area contributed by atoms with Crippen LogP contribution in [0.5, 0.6) is 5.75 Å². The average molecular weight is 252 g/mol. The van der Waals surface area contributed by atoms with Gasteiger partial charge in [0.15, 0.2) is 5.78 Å². The van der Waals surface area contributed by atoms with Crippen molar-refractivity contribution in [3.8, 4) is 5.75 Å². The maximum absolute atomic E-state index is 11.2. The van der Waals surface area contributed by atoms with Crippen LogP contribution < -0.4 is 4.74 Å². The number of ketones is 1. The first kappa shape index (κ1) is 12.0. The Bertz CT molecular complexity index is 599. The molecule has 19 heavy (non-hydrogen) atoms. The number of hydrogen-bond donors (Lipinski definition) is 0. The molecule has 3 rings (SSSR count). The van der Waals surface area contributed by atoms with Gasteiger partial charge in [0.2, 0.25) is 0 Å². The Balaban J connectivity index is 1.60. The van der Waals surface area contributed by atoms with Crippen molar-refractivity contribution in [3.05, 3.63) is 65.2 Å². The Labute approximate surface area is 113 Å². The van der Waals surface area contributed by atoms with E-state index in [0.717, 1.165) is 17.7 Å². The molecule has 0 saturated heterocycles. The number of benzene rings is 2. The Morgan fingerprint density at radius 2 is 1.89 bits per heavy atom. The van der Waals surface area contributed by atoms with Crippen LogP contribution in [-0.2, 0) is 6.42 Å². The Kier molecular flexibility index (Phi) is 3.08. The number of Topliss-reactive ketones (excluding diaryl/α,β-unsaturated/α-hetero) is 1.